The van der Waals surface area contributed by atoms with Gasteiger partial charge in [0, 0.05) is 28.8 Å². The molecule has 0 bridgehead atoms. The van der Waals surface area contributed by atoms with Crippen LogP contribution in [0, 0.1) is 6.92 Å². The molecule has 0 radical (unpaired) electrons. The minimum atomic E-state index is 0.644. The molecule has 4 rings (SSSR count). The normalized spacial score (nSPS) is 11.0. The Balaban J connectivity index is 1.46. The zero-order valence-corrected chi connectivity index (χ0v) is 20.7. The molecule has 0 atom stereocenters. The molecule has 5 nitrogen and oxygen atoms in total. The van der Waals surface area contributed by atoms with Crippen LogP contribution in [0.25, 0.3) is 22.0 Å². The molecule has 0 aliphatic heterocycles. The molecule has 0 fully saturated rings. The first kappa shape index (κ1) is 23.3. The summed E-state index contributed by atoms with van der Waals surface area (Å²) in [6.45, 7) is 9.55. The molecule has 2 aromatic heterocycles. The van der Waals surface area contributed by atoms with E-state index in [0.29, 0.717) is 6.54 Å². The minimum Gasteiger partial charge on any atom is -0.494 e. The van der Waals surface area contributed by atoms with Gasteiger partial charge in [-0.25, -0.2) is 4.98 Å². The quantitative estimate of drug-likeness (QED) is 0.132. The van der Waals surface area contributed by atoms with E-state index in [2.05, 4.69) is 64.8 Å². The molecule has 0 unspecified atom stereocenters. The fourth-order valence-electron chi connectivity index (χ4n) is 3.28. The van der Waals surface area contributed by atoms with Crippen molar-refractivity contribution >= 4 is 23.1 Å². The molecule has 0 spiro atoms. The van der Waals surface area contributed by atoms with E-state index >= 15 is 0 Å². The Morgan fingerprint density at radius 2 is 1.82 bits per heavy atom. The van der Waals surface area contributed by atoms with Gasteiger partial charge in [0.05, 0.1) is 12.3 Å². The lowest BCUT2D eigenvalue weighted by Gasteiger charge is -2.09. The van der Waals surface area contributed by atoms with E-state index in [9.17, 15) is 0 Å². The lowest BCUT2D eigenvalue weighted by molar-refractivity contribution is 0.309. The summed E-state index contributed by atoms with van der Waals surface area (Å²) in [7, 11) is 0. The molecule has 4 aromatic rings. The maximum atomic E-state index is 5.78. The number of thiazole rings is 1. The number of thioether (sulfide) groups is 1. The van der Waals surface area contributed by atoms with Crippen LogP contribution >= 0.6 is 23.1 Å². The number of benzene rings is 2. The Labute approximate surface area is 203 Å². The van der Waals surface area contributed by atoms with Crippen LogP contribution in [-0.4, -0.2) is 26.4 Å². The second-order valence-corrected chi connectivity index (χ2v) is 9.53. The molecule has 7 heteroatoms. The lowest BCUT2D eigenvalue weighted by Crippen LogP contribution is -2.01. The Bertz CT molecular complexity index is 1180. The number of hydrogen-bond acceptors (Lipinski definition) is 6. The van der Waals surface area contributed by atoms with Gasteiger partial charge in [-0.3, -0.25) is 4.57 Å². The Kier molecular flexibility index (Phi) is 7.96. The molecule has 2 aromatic carbocycles. The smallest absolute Gasteiger partial charge is 0.192 e. The van der Waals surface area contributed by atoms with Crippen LogP contribution in [0.15, 0.2) is 71.7 Å². The summed E-state index contributed by atoms with van der Waals surface area (Å²) in [6, 6.07) is 16.5. The lowest BCUT2D eigenvalue weighted by atomic mass is 10.2. The van der Waals surface area contributed by atoms with Crippen molar-refractivity contribution in [3.63, 3.8) is 0 Å². The largest absolute Gasteiger partial charge is 0.494 e. The van der Waals surface area contributed by atoms with Gasteiger partial charge < -0.3 is 4.74 Å². The maximum absolute atomic E-state index is 5.78. The van der Waals surface area contributed by atoms with Crippen LogP contribution in [0.4, 0.5) is 0 Å². The number of aryl methyl sites for hydroxylation is 1. The van der Waals surface area contributed by atoms with Crippen molar-refractivity contribution in [3.8, 4) is 27.7 Å². The predicted molar refractivity (Wildman–Crippen MR) is 138 cm³/mol. The molecule has 33 heavy (non-hydrogen) atoms. The topological polar surface area (TPSA) is 52.8 Å². The highest BCUT2D eigenvalue weighted by Gasteiger charge is 2.15. The second-order valence-electron chi connectivity index (χ2n) is 7.73. The fourth-order valence-corrected chi connectivity index (χ4v) is 5.05. The van der Waals surface area contributed by atoms with Crippen molar-refractivity contribution < 1.29 is 4.74 Å². The molecule has 0 saturated carbocycles. The molecular weight excluding hydrogens is 448 g/mol. The Morgan fingerprint density at radius 3 is 2.55 bits per heavy atom. The first-order valence-electron chi connectivity index (χ1n) is 11.1. The second kappa shape index (κ2) is 11.3. The number of unbranched alkanes of at least 4 members (excludes halogenated alkanes) is 1. The molecular formula is C26H28N4OS2. The third kappa shape index (κ3) is 5.92. The van der Waals surface area contributed by atoms with E-state index in [1.54, 1.807) is 23.1 Å². The highest BCUT2D eigenvalue weighted by atomic mass is 32.2. The number of nitrogens with zero attached hydrogens (tertiary/aromatic N) is 4. The molecule has 0 aliphatic rings. The number of allylic oxidation sites excluding steroid dienone is 1. The third-order valence-electron chi connectivity index (χ3n) is 5.11. The zero-order chi connectivity index (χ0) is 23.0. The minimum absolute atomic E-state index is 0.644. The third-order valence-corrected chi connectivity index (χ3v) is 7.05. The van der Waals surface area contributed by atoms with Gasteiger partial charge in [-0.05, 0) is 37.6 Å². The molecule has 0 amide bonds. The highest BCUT2D eigenvalue weighted by Crippen LogP contribution is 2.30. The van der Waals surface area contributed by atoms with Gasteiger partial charge in [0.25, 0.3) is 0 Å². The molecule has 170 valence electrons. The Morgan fingerprint density at radius 1 is 1.06 bits per heavy atom. The van der Waals surface area contributed by atoms with Crippen LogP contribution in [0.2, 0.25) is 0 Å². The number of hydrogen-bond donors (Lipinski definition) is 0. The van der Waals surface area contributed by atoms with Gasteiger partial charge in [0.1, 0.15) is 10.8 Å². The summed E-state index contributed by atoms with van der Waals surface area (Å²) in [5, 5.41) is 12.9. The van der Waals surface area contributed by atoms with Crippen molar-refractivity contribution in [2.45, 2.75) is 44.1 Å². The molecule has 0 N–H and O–H groups in total. The Hall–Kier alpha value is -2.90. The average molecular weight is 477 g/mol. The first-order valence-corrected chi connectivity index (χ1v) is 13.0. The number of rotatable bonds is 11. The van der Waals surface area contributed by atoms with E-state index in [4.69, 9.17) is 9.72 Å². The summed E-state index contributed by atoms with van der Waals surface area (Å²) in [4.78, 5) is 4.81. The van der Waals surface area contributed by atoms with Crippen molar-refractivity contribution in [2.24, 2.45) is 0 Å². The van der Waals surface area contributed by atoms with Crippen molar-refractivity contribution in [2.75, 3.05) is 6.61 Å². The van der Waals surface area contributed by atoms with E-state index in [-0.39, 0.29) is 0 Å². The maximum Gasteiger partial charge on any atom is 0.192 e. The van der Waals surface area contributed by atoms with Gasteiger partial charge in [-0.1, -0.05) is 61.0 Å². The molecule has 0 saturated heterocycles. The van der Waals surface area contributed by atoms with Gasteiger partial charge >= 0.3 is 0 Å². The average Bonchev–Trinajstić information content (AvgIpc) is 3.46. The van der Waals surface area contributed by atoms with Crippen LogP contribution in [0.5, 0.6) is 5.75 Å². The van der Waals surface area contributed by atoms with Crippen LogP contribution in [0.1, 0.15) is 31.0 Å². The molecule has 2 heterocycles. The van der Waals surface area contributed by atoms with Gasteiger partial charge in [-0.2, -0.15) is 0 Å². The van der Waals surface area contributed by atoms with Crippen molar-refractivity contribution in [1.29, 1.82) is 0 Å². The highest BCUT2D eigenvalue weighted by molar-refractivity contribution is 7.98. The standard InChI is InChI=1S/C26H28N4OS2/c1-4-6-16-31-23-13-11-20(12-14-23)24-28-29-26(30(24)15-5-2)33-18-22-17-32-25(27-22)21-9-7-19(3)8-10-21/h5,7-14,17H,2,4,6,15-16,18H2,1,3H3. The van der Waals surface area contributed by atoms with E-state index in [1.165, 1.54) is 5.56 Å². The van der Waals surface area contributed by atoms with Crippen LogP contribution < -0.4 is 4.74 Å². The monoisotopic (exact) mass is 476 g/mol. The van der Waals surface area contributed by atoms with Gasteiger partial charge in [0.2, 0.25) is 0 Å². The molecule has 0 aliphatic carbocycles. The summed E-state index contributed by atoms with van der Waals surface area (Å²) >= 11 is 3.32. The SMILES string of the molecule is C=CCn1c(SCc2csc(-c3ccc(C)cc3)n2)nnc1-c1ccc(OCCCC)cc1. The van der Waals surface area contributed by atoms with E-state index in [0.717, 1.165) is 63.8 Å². The van der Waals surface area contributed by atoms with Crippen LogP contribution in [0.3, 0.4) is 0 Å². The van der Waals surface area contributed by atoms with Gasteiger partial charge in [0.15, 0.2) is 11.0 Å². The fraction of sp³-hybridized carbons (Fsp3) is 0.269. The summed E-state index contributed by atoms with van der Waals surface area (Å²) in [5.41, 5.74) is 4.46. The number of aromatic nitrogens is 4. The predicted octanol–water partition coefficient (Wildman–Crippen LogP) is 7.03. The van der Waals surface area contributed by atoms with E-state index in [1.807, 2.05) is 30.3 Å². The van der Waals surface area contributed by atoms with Gasteiger partial charge in [-0.15, -0.1) is 28.1 Å². The van der Waals surface area contributed by atoms with Crippen molar-refractivity contribution in [1.82, 2.24) is 19.7 Å². The van der Waals surface area contributed by atoms with Crippen molar-refractivity contribution in [3.05, 3.63) is 77.8 Å². The number of ether oxygens (including phenoxy) is 1. The zero-order valence-electron chi connectivity index (χ0n) is 19.0. The van der Waals surface area contributed by atoms with E-state index < -0.39 is 0 Å². The summed E-state index contributed by atoms with van der Waals surface area (Å²) in [6.07, 6.45) is 4.05. The first-order chi connectivity index (χ1) is 16.2. The summed E-state index contributed by atoms with van der Waals surface area (Å²) in [5.74, 6) is 2.45. The van der Waals surface area contributed by atoms with Crippen LogP contribution in [-0.2, 0) is 12.3 Å². The summed E-state index contributed by atoms with van der Waals surface area (Å²) < 4.78 is 7.87.